The SMILES string of the molecule is COC(=O)C[C@H]1[C@H]2CN(c3nc(S(C)(=O)=O)nc4c3CCCCC4(F)F)C[C@@H]12. The summed E-state index contributed by atoms with van der Waals surface area (Å²) in [6, 6.07) is 0. The largest absolute Gasteiger partial charge is 0.469 e. The number of alkyl halides is 2. The van der Waals surface area contributed by atoms with E-state index >= 15 is 0 Å². The molecule has 2 heterocycles. The first-order valence-corrected chi connectivity index (χ1v) is 11.3. The molecule has 0 N–H and O–H groups in total. The number of anilines is 1. The van der Waals surface area contributed by atoms with Gasteiger partial charge in [-0.25, -0.2) is 18.4 Å². The predicted molar refractivity (Wildman–Crippen MR) is 95.9 cm³/mol. The second-order valence-corrected chi connectivity index (χ2v) is 9.93. The number of nitrogens with zero attached hydrogens (tertiary/aromatic N) is 3. The average Bonchev–Trinajstić information content (AvgIpc) is 3.10. The summed E-state index contributed by atoms with van der Waals surface area (Å²) >= 11 is 0. The number of halogens is 2. The molecule has 0 amide bonds. The molecule has 28 heavy (non-hydrogen) atoms. The highest BCUT2D eigenvalue weighted by Crippen LogP contribution is 2.55. The maximum absolute atomic E-state index is 14.7. The van der Waals surface area contributed by atoms with E-state index in [1.54, 1.807) is 0 Å². The molecule has 1 saturated carbocycles. The van der Waals surface area contributed by atoms with Crippen LogP contribution in [0, 0.1) is 17.8 Å². The van der Waals surface area contributed by atoms with Crippen LogP contribution in [0.3, 0.4) is 0 Å². The fraction of sp³-hybridized carbons (Fsp3) is 0.722. The number of rotatable bonds is 4. The Morgan fingerprint density at radius 3 is 2.54 bits per heavy atom. The van der Waals surface area contributed by atoms with Gasteiger partial charge in [-0.15, -0.1) is 0 Å². The summed E-state index contributed by atoms with van der Waals surface area (Å²) in [5.41, 5.74) is -0.0807. The molecule has 1 aliphatic heterocycles. The highest BCUT2D eigenvalue weighted by Gasteiger charge is 2.57. The standard InChI is InChI=1S/C18H23F2N3O4S/c1-27-14(24)7-11-12-8-23(9-13(11)12)16-10-5-3-4-6-18(19,20)15(10)21-17(22-16)28(2,25)26/h11-13H,3-9H2,1-2H3/t11-,12+,13-. The van der Waals surface area contributed by atoms with Crippen molar-refractivity contribution in [2.45, 2.75) is 43.2 Å². The van der Waals surface area contributed by atoms with Crippen molar-refractivity contribution < 1.29 is 26.7 Å². The molecule has 2 aliphatic carbocycles. The van der Waals surface area contributed by atoms with E-state index < -0.39 is 26.6 Å². The second-order valence-electron chi connectivity index (χ2n) is 8.02. The zero-order valence-corrected chi connectivity index (χ0v) is 16.6. The number of piperidine rings is 1. The van der Waals surface area contributed by atoms with E-state index in [-0.39, 0.29) is 30.1 Å². The van der Waals surface area contributed by atoms with Crippen molar-refractivity contribution in [1.82, 2.24) is 9.97 Å². The van der Waals surface area contributed by atoms with Gasteiger partial charge in [0.25, 0.3) is 5.92 Å². The number of aromatic nitrogens is 2. The van der Waals surface area contributed by atoms with Gasteiger partial charge in [0.15, 0.2) is 0 Å². The zero-order chi connectivity index (χ0) is 20.3. The molecular formula is C18H23F2N3O4S. The van der Waals surface area contributed by atoms with Crippen LogP contribution in [-0.2, 0) is 31.7 Å². The predicted octanol–water partition coefficient (Wildman–Crippen LogP) is 1.94. The number of methoxy groups -OCH3 is 1. The molecule has 1 aromatic heterocycles. The van der Waals surface area contributed by atoms with Crippen LogP contribution in [0.1, 0.15) is 36.9 Å². The van der Waals surface area contributed by atoms with Crippen LogP contribution < -0.4 is 4.90 Å². The number of fused-ring (bicyclic) bond motifs is 2. The highest BCUT2D eigenvalue weighted by atomic mass is 32.2. The minimum absolute atomic E-state index is 0.236. The minimum Gasteiger partial charge on any atom is -0.469 e. The van der Waals surface area contributed by atoms with Crippen LogP contribution in [0.2, 0.25) is 0 Å². The Bertz CT molecular complexity index is 910. The molecule has 0 aromatic carbocycles. The molecule has 3 aliphatic rings. The molecule has 10 heteroatoms. The zero-order valence-electron chi connectivity index (χ0n) is 15.8. The molecule has 0 bridgehead atoms. The fourth-order valence-corrected chi connectivity index (χ4v) is 5.09. The second kappa shape index (κ2) is 6.60. The molecule has 0 unspecified atom stereocenters. The first-order chi connectivity index (χ1) is 13.1. The van der Waals surface area contributed by atoms with Crippen LogP contribution in [0.15, 0.2) is 5.16 Å². The Balaban J connectivity index is 1.68. The summed E-state index contributed by atoms with van der Waals surface area (Å²) in [4.78, 5) is 21.4. The van der Waals surface area contributed by atoms with E-state index in [9.17, 15) is 22.0 Å². The van der Waals surface area contributed by atoms with E-state index in [1.165, 1.54) is 7.11 Å². The summed E-state index contributed by atoms with van der Waals surface area (Å²) in [6.45, 7) is 1.15. The molecule has 4 rings (SSSR count). The molecule has 0 radical (unpaired) electrons. The van der Waals surface area contributed by atoms with Crippen LogP contribution >= 0.6 is 0 Å². The van der Waals surface area contributed by atoms with Gasteiger partial charge in [-0.1, -0.05) is 0 Å². The van der Waals surface area contributed by atoms with E-state index in [4.69, 9.17) is 4.74 Å². The van der Waals surface area contributed by atoms with Gasteiger partial charge in [0.2, 0.25) is 15.0 Å². The highest BCUT2D eigenvalue weighted by molar-refractivity contribution is 7.90. The maximum Gasteiger partial charge on any atom is 0.305 e. The van der Waals surface area contributed by atoms with Crippen molar-refractivity contribution in [3.8, 4) is 0 Å². The Hall–Kier alpha value is -1.84. The number of hydrogen-bond donors (Lipinski definition) is 0. The first kappa shape index (κ1) is 19.5. The summed E-state index contributed by atoms with van der Waals surface area (Å²) in [6.07, 6.45) is 2.29. The molecule has 1 saturated heterocycles. The lowest BCUT2D eigenvalue weighted by Gasteiger charge is -2.26. The minimum atomic E-state index is -3.83. The van der Waals surface area contributed by atoms with Crippen LogP contribution in [-0.4, -0.2) is 50.8 Å². The maximum atomic E-state index is 14.7. The molecule has 2 fully saturated rings. The van der Waals surface area contributed by atoms with Crippen molar-refractivity contribution in [2.24, 2.45) is 17.8 Å². The van der Waals surface area contributed by atoms with Crippen LogP contribution in [0.25, 0.3) is 0 Å². The van der Waals surface area contributed by atoms with Gasteiger partial charge in [-0.05, 0) is 37.0 Å². The molecule has 3 atom stereocenters. The lowest BCUT2D eigenvalue weighted by Crippen LogP contribution is -2.29. The molecular weight excluding hydrogens is 392 g/mol. The lowest BCUT2D eigenvalue weighted by molar-refractivity contribution is -0.141. The van der Waals surface area contributed by atoms with E-state index in [2.05, 4.69) is 9.97 Å². The third kappa shape index (κ3) is 3.35. The Morgan fingerprint density at radius 2 is 1.93 bits per heavy atom. The average molecular weight is 415 g/mol. The summed E-state index contributed by atoms with van der Waals surface area (Å²) in [5.74, 6) is -2.31. The number of carbonyl (C=O) groups excluding carboxylic acids is 1. The molecule has 1 aromatic rings. The molecule has 7 nitrogen and oxygen atoms in total. The van der Waals surface area contributed by atoms with Gasteiger partial charge in [0.1, 0.15) is 11.5 Å². The Labute approximate surface area is 162 Å². The lowest BCUT2D eigenvalue weighted by atomic mass is 10.1. The van der Waals surface area contributed by atoms with Crippen molar-refractivity contribution in [3.63, 3.8) is 0 Å². The normalized spacial score (nSPS) is 28.3. The van der Waals surface area contributed by atoms with Gasteiger partial charge in [-0.2, -0.15) is 8.78 Å². The van der Waals surface area contributed by atoms with Gasteiger partial charge >= 0.3 is 5.97 Å². The van der Waals surface area contributed by atoms with Gasteiger partial charge in [-0.3, -0.25) is 4.79 Å². The Morgan fingerprint density at radius 1 is 1.25 bits per heavy atom. The van der Waals surface area contributed by atoms with Crippen molar-refractivity contribution in [1.29, 1.82) is 0 Å². The number of sulfone groups is 1. The summed E-state index contributed by atoms with van der Waals surface area (Å²) < 4.78 is 58.1. The summed E-state index contributed by atoms with van der Waals surface area (Å²) in [7, 11) is -2.47. The van der Waals surface area contributed by atoms with Gasteiger partial charge in [0.05, 0.1) is 7.11 Å². The smallest absolute Gasteiger partial charge is 0.305 e. The number of ether oxygens (including phenoxy) is 1. The van der Waals surface area contributed by atoms with E-state index in [1.807, 2.05) is 4.90 Å². The fourth-order valence-electron chi connectivity index (χ4n) is 4.58. The topological polar surface area (TPSA) is 89.5 Å². The van der Waals surface area contributed by atoms with Crippen molar-refractivity contribution >= 4 is 21.6 Å². The number of esters is 1. The van der Waals surface area contributed by atoms with E-state index in [0.717, 1.165) is 6.26 Å². The van der Waals surface area contributed by atoms with Gasteiger partial charge < -0.3 is 9.64 Å². The van der Waals surface area contributed by atoms with Crippen molar-refractivity contribution in [2.75, 3.05) is 31.4 Å². The van der Waals surface area contributed by atoms with Crippen LogP contribution in [0.5, 0.6) is 0 Å². The van der Waals surface area contributed by atoms with Crippen LogP contribution in [0.4, 0.5) is 14.6 Å². The monoisotopic (exact) mass is 415 g/mol. The first-order valence-electron chi connectivity index (χ1n) is 9.43. The quantitative estimate of drug-likeness (QED) is 0.422. The van der Waals surface area contributed by atoms with E-state index in [0.29, 0.717) is 50.2 Å². The molecule has 0 spiro atoms. The number of hydrogen-bond acceptors (Lipinski definition) is 7. The summed E-state index contributed by atoms with van der Waals surface area (Å²) in [5, 5.41) is -0.547. The third-order valence-corrected chi connectivity index (χ3v) is 6.96. The third-order valence-electron chi connectivity index (χ3n) is 6.11. The van der Waals surface area contributed by atoms with Crippen molar-refractivity contribution in [3.05, 3.63) is 11.3 Å². The van der Waals surface area contributed by atoms with Gasteiger partial charge in [0, 0.05) is 37.8 Å². The Kier molecular flexibility index (Phi) is 4.59. The number of carbonyl (C=O) groups is 1. The molecule has 154 valence electrons.